The summed E-state index contributed by atoms with van der Waals surface area (Å²) in [6.45, 7) is -0.795. The number of carboxylic acids is 1. The molecule has 0 aromatic rings. The van der Waals surface area contributed by atoms with E-state index in [2.05, 4.69) is 0 Å². The first kappa shape index (κ1) is 11.3. The van der Waals surface area contributed by atoms with Gasteiger partial charge in [0.05, 0.1) is 6.61 Å². The molecule has 8 heteroatoms. The minimum atomic E-state index is -3.82. The van der Waals surface area contributed by atoms with E-state index in [9.17, 15) is 13.2 Å². The van der Waals surface area contributed by atoms with E-state index in [0.29, 0.717) is 0 Å². The molecule has 1 atom stereocenters. The normalized spacial score (nSPS) is 14.2. The number of aliphatic hydroxyl groups excluding tert-OH is 1. The molecule has 0 unspecified atom stereocenters. The van der Waals surface area contributed by atoms with Gasteiger partial charge in [-0.25, -0.2) is 4.72 Å². The maximum atomic E-state index is 10.7. The molecular weight excluding hydrogens is 188 g/mol. The molecule has 0 fully saturated rings. The van der Waals surface area contributed by atoms with Crippen molar-refractivity contribution >= 4 is 16.2 Å². The summed E-state index contributed by atoms with van der Waals surface area (Å²) in [6.07, 6.45) is 0. The maximum absolute atomic E-state index is 10.7. The van der Waals surface area contributed by atoms with Crippen LogP contribution >= 0.6 is 0 Å². The number of nitrogens with one attached hydrogen (secondary N) is 2. The van der Waals surface area contributed by atoms with Gasteiger partial charge in [-0.15, -0.1) is 0 Å². The average Bonchev–Trinajstić information content (AvgIpc) is 2.00. The first-order valence-electron chi connectivity index (χ1n) is 2.97. The van der Waals surface area contributed by atoms with Crippen molar-refractivity contribution in [1.29, 1.82) is 0 Å². The Labute approximate surface area is 69.6 Å². The summed E-state index contributed by atoms with van der Waals surface area (Å²) in [7, 11) is -2.69. The molecule has 0 aliphatic carbocycles. The van der Waals surface area contributed by atoms with Crippen molar-refractivity contribution in [2.24, 2.45) is 0 Å². The number of hydrogen-bond acceptors (Lipinski definition) is 4. The van der Waals surface area contributed by atoms with Gasteiger partial charge in [0.2, 0.25) is 0 Å². The number of hydrogen-bond donors (Lipinski definition) is 4. The van der Waals surface area contributed by atoms with Gasteiger partial charge in [0.1, 0.15) is 6.04 Å². The Kier molecular flexibility index (Phi) is 4.10. The molecule has 0 aromatic carbocycles. The topological polar surface area (TPSA) is 116 Å². The van der Waals surface area contributed by atoms with E-state index in [4.69, 9.17) is 10.2 Å². The molecule has 72 valence electrons. The van der Waals surface area contributed by atoms with Crippen LogP contribution in [0.1, 0.15) is 0 Å². The van der Waals surface area contributed by atoms with Crippen LogP contribution in [0, 0.1) is 0 Å². The second-order valence-corrected chi connectivity index (χ2v) is 3.55. The number of carboxylic acid groups (broad SMARTS) is 1. The third-order valence-electron chi connectivity index (χ3n) is 1.05. The van der Waals surface area contributed by atoms with Crippen LogP contribution in [0.15, 0.2) is 0 Å². The van der Waals surface area contributed by atoms with Crippen molar-refractivity contribution in [1.82, 2.24) is 9.44 Å². The lowest BCUT2D eigenvalue weighted by Gasteiger charge is -2.10. The van der Waals surface area contributed by atoms with Gasteiger partial charge in [-0.3, -0.25) is 4.79 Å². The third kappa shape index (κ3) is 3.62. The second kappa shape index (κ2) is 4.36. The van der Waals surface area contributed by atoms with E-state index in [0.717, 1.165) is 7.05 Å². The van der Waals surface area contributed by atoms with Crippen molar-refractivity contribution in [2.45, 2.75) is 6.04 Å². The van der Waals surface area contributed by atoms with E-state index in [1.165, 1.54) is 0 Å². The molecule has 0 amide bonds. The maximum Gasteiger partial charge on any atom is 0.324 e. The lowest BCUT2D eigenvalue weighted by Crippen LogP contribution is -2.47. The Bertz CT molecular complexity index is 248. The van der Waals surface area contributed by atoms with Gasteiger partial charge in [-0.2, -0.15) is 13.1 Å². The molecule has 0 rings (SSSR count). The summed E-state index contributed by atoms with van der Waals surface area (Å²) < 4.78 is 24.9. The Hall–Kier alpha value is -0.700. The zero-order valence-corrected chi connectivity index (χ0v) is 7.13. The largest absolute Gasteiger partial charge is 0.480 e. The van der Waals surface area contributed by atoms with Gasteiger partial charge in [0, 0.05) is 7.05 Å². The zero-order valence-electron chi connectivity index (χ0n) is 6.31. The van der Waals surface area contributed by atoms with Gasteiger partial charge in [0.15, 0.2) is 0 Å². The van der Waals surface area contributed by atoms with Crippen LogP contribution in [0.3, 0.4) is 0 Å². The summed E-state index contributed by atoms with van der Waals surface area (Å²) in [5, 5.41) is 16.7. The Morgan fingerprint density at radius 1 is 1.58 bits per heavy atom. The highest BCUT2D eigenvalue weighted by molar-refractivity contribution is 7.87. The Balaban J connectivity index is 4.32. The molecule has 4 N–H and O–H groups in total. The molecule has 0 aliphatic rings. The van der Waals surface area contributed by atoms with Gasteiger partial charge in [-0.05, 0) is 0 Å². The molecule has 0 spiro atoms. The molecule has 0 saturated heterocycles. The fourth-order valence-corrected chi connectivity index (χ4v) is 1.08. The SMILES string of the molecule is CNS(=O)(=O)N[C@@H](CO)C(=O)O. The molecule has 0 bridgehead atoms. The number of carbonyl (C=O) groups is 1. The smallest absolute Gasteiger partial charge is 0.324 e. The Morgan fingerprint density at radius 3 is 2.33 bits per heavy atom. The minimum absolute atomic E-state index is 0.795. The quantitative estimate of drug-likeness (QED) is 0.389. The fourth-order valence-electron chi connectivity index (χ4n) is 0.412. The number of aliphatic hydroxyl groups is 1. The monoisotopic (exact) mass is 198 g/mol. The minimum Gasteiger partial charge on any atom is -0.480 e. The summed E-state index contributed by atoms with van der Waals surface area (Å²) in [5.41, 5.74) is 0. The lowest BCUT2D eigenvalue weighted by molar-refractivity contribution is -0.139. The van der Waals surface area contributed by atoms with Crippen molar-refractivity contribution in [3.8, 4) is 0 Å². The lowest BCUT2D eigenvalue weighted by atomic mass is 10.3. The summed E-state index contributed by atoms with van der Waals surface area (Å²) in [4.78, 5) is 10.2. The van der Waals surface area contributed by atoms with Crippen LogP contribution in [0.2, 0.25) is 0 Å². The van der Waals surface area contributed by atoms with Crippen LogP contribution in [0.25, 0.3) is 0 Å². The predicted octanol–water partition coefficient (Wildman–Crippen LogP) is -2.51. The van der Waals surface area contributed by atoms with Crippen molar-refractivity contribution < 1.29 is 23.4 Å². The highest BCUT2D eigenvalue weighted by atomic mass is 32.2. The van der Waals surface area contributed by atoms with E-state index >= 15 is 0 Å². The van der Waals surface area contributed by atoms with E-state index in [1.54, 1.807) is 4.72 Å². The highest BCUT2D eigenvalue weighted by Crippen LogP contribution is 1.85. The molecule has 0 saturated carbocycles. The molecule has 12 heavy (non-hydrogen) atoms. The number of aliphatic carboxylic acids is 1. The standard InChI is InChI=1S/C4H10N2O5S/c1-5-12(10,11)6-3(2-7)4(8)9/h3,5-7H,2H2,1H3,(H,8,9)/t3-/m0/s1. The first-order chi connectivity index (χ1) is 5.43. The second-order valence-electron chi connectivity index (χ2n) is 1.90. The molecule has 0 heterocycles. The third-order valence-corrected chi connectivity index (χ3v) is 2.18. The van der Waals surface area contributed by atoms with Crippen LogP contribution in [0.4, 0.5) is 0 Å². The number of rotatable bonds is 5. The molecule has 0 aromatic heterocycles. The van der Waals surface area contributed by atoms with E-state index in [-0.39, 0.29) is 0 Å². The summed E-state index contributed by atoms with van der Waals surface area (Å²) in [5.74, 6) is -1.43. The van der Waals surface area contributed by atoms with Crippen LogP contribution in [-0.4, -0.2) is 44.3 Å². The van der Waals surface area contributed by atoms with Gasteiger partial charge in [-0.1, -0.05) is 0 Å². The summed E-state index contributed by atoms with van der Waals surface area (Å²) >= 11 is 0. The Morgan fingerprint density at radius 2 is 2.08 bits per heavy atom. The van der Waals surface area contributed by atoms with Crippen molar-refractivity contribution in [3.63, 3.8) is 0 Å². The molecule has 0 aliphatic heterocycles. The van der Waals surface area contributed by atoms with E-state index < -0.39 is 28.8 Å². The summed E-state index contributed by atoms with van der Waals surface area (Å²) in [6, 6.07) is -1.51. The van der Waals surface area contributed by atoms with Crippen LogP contribution in [-0.2, 0) is 15.0 Å². The highest BCUT2D eigenvalue weighted by Gasteiger charge is 2.21. The predicted molar refractivity (Wildman–Crippen MR) is 39.6 cm³/mol. The van der Waals surface area contributed by atoms with Crippen LogP contribution in [0.5, 0.6) is 0 Å². The zero-order chi connectivity index (χ0) is 9.78. The molecule has 7 nitrogen and oxygen atoms in total. The van der Waals surface area contributed by atoms with E-state index in [1.807, 2.05) is 4.72 Å². The van der Waals surface area contributed by atoms with Gasteiger partial charge < -0.3 is 10.2 Å². The first-order valence-corrected chi connectivity index (χ1v) is 4.45. The van der Waals surface area contributed by atoms with Gasteiger partial charge in [0.25, 0.3) is 10.2 Å². The molecular formula is C4H10N2O5S. The average molecular weight is 198 g/mol. The van der Waals surface area contributed by atoms with Gasteiger partial charge >= 0.3 is 5.97 Å². The van der Waals surface area contributed by atoms with Crippen molar-refractivity contribution in [2.75, 3.05) is 13.7 Å². The molecule has 0 radical (unpaired) electrons. The fraction of sp³-hybridized carbons (Fsp3) is 0.750. The van der Waals surface area contributed by atoms with Crippen molar-refractivity contribution in [3.05, 3.63) is 0 Å². The van der Waals surface area contributed by atoms with Crippen LogP contribution < -0.4 is 9.44 Å².